The molecule has 3 N–H and O–H groups in total. The van der Waals surface area contributed by atoms with Gasteiger partial charge >= 0.3 is 12.1 Å². The number of nitrogens with one attached hydrogen (secondary N) is 2. The second kappa shape index (κ2) is 10.5. The van der Waals surface area contributed by atoms with Gasteiger partial charge in [-0.1, -0.05) is 36.4 Å². The number of hydrogen-bond acceptors (Lipinski definition) is 5. The van der Waals surface area contributed by atoms with Crippen LogP contribution < -0.4 is 10.6 Å². The van der Waals surface area contributed by atoms with E-state index in [0.29, 0.717) is 16.1 Å². The first-order valence-corrected chi connectivity index (χ1v) is 10.2. The van der Waals surface area contributed by atoms with Gasteiger partial charge in [-0.15, -0.1) is 12.6 Å². The Bertz CT molecular complexity index is 1110. The van der Waals surface area contributed by atoms with Crippen molar-refractivity contribution in [2.24, 2.45) is 0 Å². The zero-order chi connectivity index (χ0) is 23.1. The maximum atomic E-state index is 12.4. The summed E-state index contributed by atoms with van der Waals surface area (Å²) in [6.45, 7) is 1.81. The largest absolute Gasteiger partial charge is 0.478 e. The number of hydrogen-bond donors (Lipinski definition) is 4. The number of carboxylic acids is 1. The highest BCUT2D eigenvalue weighted by molar-refractivity contribution is 7.80. The first-order valence-electron chi connectivity index (χ1n) is 9.78. The zero-order valence-electron chi connectivity index (χ0n) is 17.2. The number of rotatable bonds is 7. The Labute approximate surface area is 190 Å². The Morgan fingerprint density at radius 1 is 0.938 bits per heavy atom. The van der Waals surface area contributed by atoms with Crippen molar-refractivity contribution in [3.63, 3.8) is 0 Å². The molecule has 7 nitrogen and oxygen atoms in total. The van der Waals surface area contributed by atoms with Gasteiger partial charge in [0.25, 0.3) is 5.91 Å². The second-order valence-electron chi connectivity index (χ2n) is 7.04. The lowest BCUT2D eigenvalue weighted by atomic mass is 10.1. The lowest BCUT2D eigenvalue weighted by Crippen LogP contribution is -2.27. The van der Waals surface area contributed by atoms with Crippen LogP contribution in [0.25, 0.3) is 0 Å². The van der Waals surface area contributed by atoms with Crippen molar-refractivity contribution in [2.75, 3.05) is 5.32 Å². The number of benzene rings is 3. The number of aromatic carboxylic acids is 1. The molecule has 3 rings (SSSR count). The van der Waals surface area contributed by atoms with Gasteiger partial charge in [-0.05, 0) is 54.4 Å². The van der Waals surface area contributed by atoms with Crippen LogP contribution >= 0.6 is 12.6 Å². The molecule has 0 aliphatic rings. The number of anilines is 1. The molecule has 0 radical (unpaired) electrons. The van der Waals surface area contributed by atoms with Gasteiger partial charge in [0.2, 0.25) is 0 Å². The lowest BCUT2D eigenvalue weighted by molar-refractivity contribution is 0.0696. The smallest absolute Gasteiger partial charge is 0.407 e. The molecular formula is C24H22N2O5S. The summed E-state index contributed by atoms with van der Waals surface area (Å²) in [5.74, 6) is -1.27. The minimum absolute atomic E-state index is 0.0396. The van der Waals surface area contributed by atoms with Crippen LogP contribution in [0.15, 0.2) is 77.7 Å². The quantitative estimate of drug-likeness (QED) is 0.383. The van der Waals surface area contributed by atoms with E-state index < -0.39 is 12.1 Å². The summed E-state index contributed by atoms with van der Waals surface area (Å²) in [7, 11) is 0. The highest BCUT2D eigenvalue weighted by Crippen LogP contribution is 2.20. The molecule has 3 aromatic rings. The molecule has 0 fully saturated rings. The van der Waals surface area contributed by atoms with E-state index in [1.54, 1.807) is 55.5 Å². The van der Waals surface area contributed by atoms with Crippen molar-refractivity contribution in [3.8, 4) is 0 Å². The number of thiol groups is 1. The summed E-state index contributed by atoms with van der Waals surface area (Å²) >= 11 is 4.31. The molecule has 0 aromatic heterocycles. The maximum Gasteiger partial charge on any atom is 0.407 e. The van der Waals surface area contributed by atoms with Crippen molar-refractivity contribution >= 4 is 36.3 Å². The number of alkyl carbamates (subject to hydrolysis) is 1. The van der Waals surface area contributed by atoms with Crippen LogP contribution in [-0.4, -0.2) is 23.1 Å². The van der Waals surface area contributed by atoms with E-state index >= 15 is 0 Å². The zero-order valence-corrected chi connectivity index (χ0v) is 18.1. The van der Waals surface area contributed by atoms with E-state index in [1.165, 1.54) is 12.1 Å². The van der Waals surface area contributed by atoms with E-state index in [-0.39, 0.29) is 24.1 Å². The van der Waals surface area contributed by atoms with Crippen LogP contribution in [0, 0.1) is 0 Å². The number of para-hydroxylation sites is 1. The number of carbonyl (C=O) groups excluding carboxylic acids is 2. The predicted octanol–water partition coefficient (Wildman–Crippen LogP) is 4.91. The molecule has 1 atom stereocenters. The second-order valence-corrected chi connectivity index (χ2v) is 7.52. The maximum absolute atomic E-state index is 12.4. The molecule has 0 aliphatic heterocycles. The normalized spacial score (nSPS) is 11.3. The van der Waals surface area contributed by atoms with Crippen molar-refractivity contribution < 1.29 is 24.2 Å². The first kappa shape index (κ1) is 22.9. The number of ether oxygens (including phenoxy) is 1. The molecule has 2 amide bonds. The number of carboxylic acid groups (broad SMARTS) is 1. The van der Waals surface area contributed by atoms with Crippen LogP contribution in [0.3, 0.4) is 0 Å². The van der Waals surface area contributed by atoms with Gasteiger partial charge < -0.3 is 20.5 Å². The fourth-order valence-electron chi connectivity index (χ4n) is 2.89. The SMILES string of the molecule is C[C@@H](NC(=O)OCc1ccc(C(=O)Nc2ccccc2S)cc1)c1ccc(C(=O)O)cc1. The van der Waals surface area contributed by atoms with Gasteiger partial charge in [-0.25, -0.2) is 9.59 Å². The van der Waals surface area contributed by atoms with Crippen LogP contribution in [-0.2, 0) is 11.3 Å². The summed E-state index contributed by atoms with van der Waals surface area (Å²) in [6, 6.07) is 19.8. The van der Waals surface area contributed by atoms with E-state index in [9.17, 15) is 14.4 Å². The Morgan fingerprint density at radius 3 is 2.19 bits per heavy atom. The van der Waals surface area contributed by atoms with Crippen LogP contribution in [0.4, 0.5) is 10.5 Å². The average molecular weight is 451 g/mol. The summed E-state index contributed by atoms with van der Waals surface area (Å²) in [5, 5.41) is 14.4. The molecular weight excluding hydrogens is 428 g/mol. The van der Waals surface area contributed by atoms with Crippen molar-refractivity contribution in [1.82, 2.24) is 5.32 Å². The van der Waals surface area contributed by atoms with E-state index in [4.69, 9.17) is 9.84 Å². The van der Waals surface area contributed by atoms with Crippen molar-refractivity contribution in [3.05, 3.63) is 95.1 Å². The molecule has 0 saturated carbocycles. The van der Waals surface area contributed by atoms with Crippen LogP contribution in [0.1, 0.15) is 44.8 Å². The molecule has 3 aromatic carbocycles. The van der Waals surface area contributed by atoms with Crippen molar-refractivity contribution in [1.29, 1.82) is 0 Å². The van der Waals surface area contributed by atoms with E-state index in [1.807, 2.05) is 12.1 Å². The lowest BCUT2D eigenvalue weighted by Gasteiger charge is -2.15. The molecule has 0 saturated heterocycles. The molecule has 164 valence electrons. The Morgan fingerprint density at radius 2 is 1.56 bits per heavy atom. The fourth-order valence-corrected chi connectivity index (χ4v) is 3.11. The first-order chi connectivity index (χ1) is 15.3. The molecule has 0 spiro atoms. The summed E-state index contributed by atoms with van der Waals surface area (Å²) in [5.41, 5.74) is 2.75. The Hall–Kier alpha value is -3.78. The summed E-state index contributed by atoms with van der Waals surface area (Å²) in [4.78, 5) is 36.1. The van der Waals surface area contributed by atoms with Gasteiger partial charge in [-0.2, -0.15) is 0 Å². The van der Waals surface area contributed by atoms with E-state index in [0.717, 1.165) is 11.1 Å². The topological polar surface area (TPSA) is 105 Å². The third kappa shape index (κ3) is 6.12. The Balaban J connectivity index is 1.50. The van der Waals surface area contributed by atoms with E-state index in [2.05, 4.69) is 23.3 Å². The number of carbonyl (C=O) groups is 3. The predicted molar refractivity (Wildman–Crippen MR) is 123 cm³/mol. The minimum atomic E-state index is -1.01. The molecule has 32 heavy (non-hydrogen) atoms. The molecule has 0 bridgehead atoms. The van der Waals surface area contributed by atoms with Gasteiger partial charge in [0, 0.05) is 10.5 Å². The monoisotopic (exact) mass is 450 g/mol. The molecule has 0 aliphatic carbocycles. The highest BCUT2D eigenvalue weighted by Gasteiger charge is 2.12. The Kier molecular flexibility index (Phi) is 7.51. The average Bonchev–Trinajstić information content (AvgIpc) is 2.79. The third-order valence-electron chi connectivity index (χ3n) is 4.73. The van der Waals surface area contributed by atoms with Crippen LogP contribution in [0.2, 0.25) is 0 Å². The minimum Gasteiger partial charge on any atom is -0.478 e. The van der Waals surface area contributed by atoms with Gasteiger partial charge in [0.05, 0.1) is 17.3 Å². The molecule has 0 unspecified atom stereocenters. The van der Waals surface area contributed by atoms with Gasteiger partial charge in [-0.3, -0.25) is 4.79 Å². The van der Waals surface area contributed by atoms with Gasteiger partial charge in [0.1, 0.15) is 6.61 Å². The van der Waals surface area contributed by atoms with Crippen molar-refractivity contribution in [2.45, 2.75) is 24.5 Å². The standard InChI is InChI=1S/C24H22N2O5S/c1-15(17-10-12-19(13-11-17)23(28)29)25-24(30)31-14-16-6-8-18(9-7-16)22(27)26-20-4-2-3-5-21(20)32/h2-13,15,32H,14H2,1H3,(H,25,30)(H,26,27)(H,28,29)/t15-/m1/s1. The van der Waals surface area contributed by atoms with Crippen LogP contribution in [0.5, 0.6) is 0 Å². The summed E-state index contributed by atoms with van der Waals surface area (Å²) in [6.07, 6.45) is -0.605. The number of amides is 2. The highest BCUT2D eigenvalue weighted by atomic mass is 32.1. The third-order valence-corrected chi connectivity index (χ3v) is 5.12. The molecule has 8 heteroatoms. The summed E-state index contributed by atoms with van der Waals surface area (Å²) < 4.78 is 5.24. The van der Waals surface area contributed by atoms with Gasteiger partial charge in [0.15, 0.2) is 0 Å². The fraction of sp³-hybridized carbons (Fsp3) is 0.125. The molecule has 0 heterocycles.